The predicted octanol–water partition coefficient (Wildman–Crippen LogP) is 2.32. The van der Waals surface area contributed by atoms with Crippen molar-refractivity contribution in [1.82, 2.24) is 4.31 Å². The number of nitrogens with zero attached hydrogens (tertiary/aromatic N) is 2. The van der Waals surface area contributed by atoms with Gasteiger partial charge in [-0.1, -0.05) is 6.42 Å². The van der Waals surface area contributed by atoms with Crippen molar-refractivity contribution in [3.05, 3.63) is 42.5 Å². The molecule has 0 spiro atoms. The SMILES string of the molecule is COc1ccc(S(=O)(=O)Nc2ccc(S(=O)(=O)N3CCCCC3)cc2)cc1N1C(=O)CCC1=O. The molecule has 10 nitrogen and oxygen atoms in total. The average molecular weight is 508 g/mol. The number of rotatable bonds is 7. The van der Waals surface area contributed by atoms with E-state index in [-0.39, 0.29) is 39.8 Å². The molecule has 0 atom stereocenters. The fourth-order valence-corrected chi connectivity index (χ4v) is 6.62. The maximum atomic E-state index is 13.0. The first-order chi connectivity index (χ1) is 16.1. The predicted molar refractivity (Wildman–Crippen MR) is 125 cm³/mol. The molecule has 2 aliphatic heterocycles. The van der Waals surface area contributed by atoms with E-state index in [0.29, 0.717) is 13.1 Å². The minimum Gasteiger partial charge on any atom is -0.495 e. The van der Waals surface area contributed by atoms with Crippen molar-refractivity contribution in [2.45, 2.75) is 41.9 Å². The largest absolute Gasteiger partial charge is 0.495 e. The van der Waals surface area contributed by atoms with Crippen LogP contribution in [0.2, 0.25) is 0 Å². The van der Waals surface area contributed by atoms with Gasteiger partial charge in [-0.05, 0) is 55.3 Å². The summed E-state index contributed by atoms with van der Waals surface area (Å²) in [5.41, 5.74) is 0.226. The van der Waals surface area contributed by atoms with Crippen molar-refractivity contribution in [2.75, 3.05) is 29.8 Å². The summed E-state index contributed by atoms with van der Waals surface area (Å²) in [5.74, 6) is -0.678. The molecule has 2 fully saturated rings. The molecule has 2 heterocycles. The molecule has 2 amide bonds. The van der Waals surface area contributed by atoms with Crippen LogP contribution < -0.4 is 14.4 Å². The number of hydrogen-bond donors (Lipinski definition) is 1. The second-order valence-corrected chi connectivity index (χ2v) is 11.7. The zero-order valence-electron chi connectivity index (χ0n) is 18.6. The Morgan fingerprint density at radius 2 is 1.41 bits per heavy atom. The van der Waals surface area contributed by atoms with E-state index in [2.05, 4.69) is 4.72 Å². The molecule has 4 rings (SSSR count). The van der Waals surface area contributed by atoms with E-state index in [1.807, 2.05) is 0 Å². The third-order valence-corrected chi connectivity index (χ3v) is 9.10. The van der Waals surface area contributed by atoms with Gasteiger partial charge in [0.15, 0.2) is 0 Å². The second-order valence-electron chi connectivity index (χ2n) is 8.05. The van der Waals surface area contributed by atoms with Crippen LogP contribution in [-0.4, -0.2) is 53.2 Å². The van der Waals surface area contributed by atoms with Crippen molar-refractivity contribution in [3.63, 3.8) is 0 Å². The van der Waals surface area contributed by atoms with E-state index < -0.39 is 31.9 Å². The molecule has 0 unspecified atom stereocenters. The summed E-state index contributed by atoms with van der Waals surface area (Å²) in [4.78, 5) is 25.2. The zero-order chi connectivity index (χ0) is 24.5. The Labute approximate surface area is 198 Å². The van der Waals surface area contributed by atoms with Gasteiger partial charge >= 0.3 is 0 Å². The van der Waals surface area contributed by atoms with Gasteiger partial charge in [0.1, 0.15) is 5.75 Å². The van der Waals surface area contributed by atoms with Gasteiger partial charge in [-0.3, -0.25) is 14.3 Å². The summed E-state index contributed by atoms with van der Waals surface area (Å²) >= 11 is 0. The first kappa shape index (κ1) is 24.2. The lowest BCUT2D eigenvalue weighted by Gasteiger charge is -2.25. The third-order valence-electron chi connectivity index (χ3n) is 5.81. The van der Waals surface area contributed by atoms with E-state index in [1.165, 1.54) is 53.9 Å². The van der Waals surface area contributed by atoms with E-state index in [9.17, 15) is 26.4 Å². The molecule has 0 aromatic heterocycles. The Morgan fingerprint density at radius 3 is 2.00 bits per heavy atom. The molecular formula is C22H25N3O7S2. The van der Waals surface area contributed by atoms with Gasteiger partial charge < -0.3 is 4.74 Å². The zero-order valence-corrected chi connectivity index (χ0v) is 20.2. The van der Waals surface area contributed by atoms with Crippen LogP contribution in [0, 0.1) is 0 Å². The van der Waals surface area contributed by atoms with Crippen LogP contribution in [0.1, 0.15) is 32.1 Å². The molecule has 2 aromatic carbocycles. The number of piperidine rings is 1. The van der Waals surface area contributed by atoms with Crippen molar-refractivity contribution < 1.29 is 31.2 Å². The van der Waals surface area contributed by atoms with E-state index >= 15 is 0 Å². The summed E-state index contributed by atoms with van der Waals surface area (Å²) in [7, 11) is -6.39. The van der Waals surface area contributed by atoms with Gasteiger partial charge in [0.05, 0.1) is 22.6 Å². The van der Waals surface area contributed by atoms with Gasteiger partial charge in [0.2, 0.25) is 21.8 Å². The molecule has 1 N–H and O–H groups in total. The normalized spacial score (nSPS) is 17.7. The first-order valence-corrected chi connectivity index (χ1v) is 13.7. The lowest BCUT2D eigenvalue weighted by atomic mass is 10.2. The molecule has 0 saturated carbocycles. The molecule has 12 heteroatoms. The monoisotopic (exact) mass is 507 g/mol. The van der Waals surface area contributed by atoms with Crippen molar-refractivity contribution in [2.24, 2.45) is 0 Å². The van der Waals surface area contributed by atoms with E-state index in [1.54, 1.807) is 0 Å². The minimum absolute atomic E-state index is 0.0455. The van der Waals surface area contributed by atoms with E-state index in [4.69, 9.17) is 4.74 Å². The second kappa shape index (κ2) is 9.35. The summed E-state index contributed by atoms with van der Waals surface area (Å²) < 4.78 is 60.6. The number of methoxy groups -OCH3 is 1. The number of anilines is 2. The highest BCUT2D eigenvalue weighted by atomic mass is 32.2. The summed E-state index contributed by atoms with van der Waals surface area (Å²) in [6, 6.07) is 9.36. The molecule has 2 aliphatic rings. The Bertz CT molecular complexity index is 1300. The number of carbonyl (C=O) groups excluding carboxylic acids is 2. The number of nitrogens with one attached hydrogen (secondary N) is 1. The Hall–Kier alpha value is -2.96. The highest BCUT2D eigenvalue weighted by molar-refractivity contribution is 7.92. The number of imide groups is 1. The Balaban J connectivity index is 1.58. The maximum absolute atomic E-state index is 13.0. The molecule has 0 bridgehead atoms. The van der Waals surface area contributed by atoms with Crippen LogP contribution in [0.15, 0.2) is 52.3 Å². The van der Waals surface area contributed by atoms with Gasteiger partial charge in [0, 0.05) is 31.6 Å². The molecule has 0 radical (unpaired) electrons. The van der Waals surface area contributed by atoms with Crippen molar-refractivity contribution >= 4 is 43.2 Å². The number of amides is 2. The molecule has 182 valence electrons. The third kappa shape index (κ3) is 4.65. The molecule has 2 aromatic rings. The maximum Gasteiger partial charge on any atom is 0.261 e. The molecule has 2 saturated heterocycles. The van der Waals surface area contributed by atoms with Crippen molar-refractivity contribution in [1.29, 1.82) is 0 Å². The molecule has 0 aliphatic carbocycles. The van der Waals surface area contributed by atoms with Gasteiger partial charge in [-0.2, -0.15) is 4.31 Å². The molecular weight excluding hydrogens is 482 g/mol. The lowest BCUT2D eigenvalue weighted by molar-refractivity contribution is -0.121. The number of sulfonamides is 2. The van der Waals surface area contributed by atoms with Gasteiger partial charge in [0.25, 0.3) is 10.0 Å². The van der Waals surface area contributed by atoms with Crippen LogP contribution in [0.5, 0.6) is 5.75 Å². The van der Waals surface area contributed by atoms with Crippen LogP contribution in [0.3, 0.4) is 0 Å². The summed E-state index contributed by atoms with van der Waals surface area (Å²) in [6.45, 7) is 0.942. The summed E-state index contributed by atoms with van der Waals surface area (Å²) in [5, 5.41) is 0. The number of ether oxygens (including phenoxy) is 1. The highest BCUT2D eigenvalue weighted by Gasteiger charge is 2.33. The van der Waals surface area contributed by atoms with Crippen LogP contribution in [0.25, 0.3) is 0 Å². The van der Waals surface area contributed by atoms with Crippen LogP contribution >= 0.6 is 0 Å². The highest BCUT2D eigenvalue weighted by Crippen LogP contribution is 2.34. The lowest BCUT2D eigenvalue weighted by Crippen LogP contribution is -2.35. The Kier molecular flexibility index (Phi) is 6.65. The number of benzene rings is 2. The molecule has 34 heavy (non-hydrogen) atoms. The average Bonchev–Trinajstić information content (AvgIpc) is 3.17. The number of hydrogen-bond acceptors (Lipinski definition) is 7. The van der Waals surface area contributed by atoms with Crippen molar-refractivity contribution in [3.8, 4) is 5.75 Å². The van der Waals surface area contributed by atoms with Crippen LogP contribution in [0.4, 0.5) is 11.4 Å². The number of carbonyl (C=O) groups is 2. The van der Waals surface area contributed by atoms with Gasteiger partial charge in [-0.25, -0.2) is 21.7 Å². The summed E-state index contributed by atoms with van der Waals surface area (Å²) in [6.07, 6.45) is 2.72. The standard InChI is InChI=1S/C22H25N3O7S2/c1-32-20-10-9-18(15-19(20)25-21(26)11-12-22(25)27)33(28,29)23-16-5-7-17(8-6-16)34(30,31)24-13-3-2-4-14-24/h5-10,15,23H,2-4,11-14H2,1H3. The fraction of sp³-hybridized carbons (Fsp3) is 0.364. The smallest absolute Gasteiger partial charge is 0.261 e. The quantitative estimate of drug-likeness (QED) is 0.569. The van der Waals surface area contributed by atoms with E-state index in [0.717, 1.165) is 24.2 Å². The van der Waals surface area contributed by atoms with Gasteiger partial charge in [-0.15, -0.1) is 0 Å². The topological polar surface area (TPSA) is 130 Å². The fourth-order valence-electron chi connectivity index (χ4n) is 4.02. The Morgan fingerprint density at radius 1 is 0.824 bits per heavy atom. The van der Waals surface area contributed by atoms with Crippen LogP contribution in [-0.2, 0) is 29.6 Å². The first-order valence-electron chi connectivity index (χ1n) is 10.8. The minimum atomic E-state index is -4.11.